The number of guanidine groups is 1. The van der Waals surface area contributed by atoms with Crippen LogP contribution in [0.1, 0.15) is 71.6 Å². The van der Waals surface area contributed by atoms with E-state index in [1.165, 1.54) is 84.0 Å². The van der Waals surface area contributed by atoms with Gasteiger partial charge in [0.15, 0.2) is 5.96 Å². The maximum Gasteiger partial charge on any atom is 0.191 e. The van der Waals surface area contributed by atoms with Crippen LogP contribution in [-0.2, 0) is 0 Å². The number of likely N-dealkylation sites (tertiary alicyclic amines) is 2. The van der Waals surface area contributed by atoms with Crippen LogP contribution in [0.15, 0.2) is 4.99 Å². The molecule has 2 heterocycles. The number of rotatable bonds is 9. The van der Waals surface area contributed by atoms with E-state index in [-0.39, 0.29) is 29.5 Å². The normalized spacial score (nSPS) is 21.5. The Labute approximate surface area is 185 Å². The molecule has 0 amide bonds. The summed E-state index contributed by atoms with van der Waals surface area (Å²) < 4.78 is 0. The predicted octanol–water partition coefficient (Wildman–Crippen LogP) is 3.69. The van der Waals surface area contributed by atoms with Crippen LogP contribution in [-0.4, -0.2) is 74.2 Å². The molecule has 0 aromatic heterocycles. The van der Waals surface area contributed by atoms with Gasteiger partial charge in [0.25, 0.3) is 0 Å². The molecule has 2 fully saturated rings. The SMILES string of the molecule is CCCCCCNC(=NCC1(N2CCCCC2)CCN(C)CC1)NCC.I. The summed E-state index contributed by atoms with van der Waals surface area (Å²) in [5.74, 6) is 1.01. The maximum absolute atomic E-state index is 5.06. The Kier molecular flexibility index (Phi) is 12.9. The van der Waals surface area contributed by atoms with Crippen LogP contribution in [0.3, 0.4) is 0 Å². The monoisotopic (exact) mass is 493 g/mol. The zero-order chi connectivity index (χ0) is 18.7. The molecule has 2 saturated heterocycles. The van der Waals surface area contributed by atoms with Gasteiger partial charge in [-0.3, -0.25) is 9.89 Å². The van der Waals surface area contributed by atoms with Gasteiger partial charge in [0.05, 0.1) is 6.54 Å². The average Bonchev–Trinajstić information content (AvgIpc) is 2.68. The number of unbranched alkanes of at least 4 members (excludes halogenated alkanes) is 3. The molecule has 0 radical (unpaired) electrons. The molecule has 27 heavy (non-hydrogen) atoms. The van der Waals surface area contributed by atoms with E-state index in [9.17, 15) is 0 Å². The molecule has 2 N–H and O–H groups in total. The lowest BCUT2D eigenvalue weighted by molar-refractivity contribution is 0.0208. The number of halogens is 1. The molecule has 0 aromatic carbocycles. The number of hydrogen-bond donors (Lipinski definition) is 2. The summed E-state index contributed by atoms with van der Waals surface area (Å²) in [6, 6.07) is 0. The minimum Gasteiger partial charge on any atom is -0.357 e. The van der Waals surface area contributed by atoms with Crippen LogP contribution in [0.25, 0.3) is 0 Å². The minimum absolute atomic E-state index is 0. The molecule has 6 heteroatoms. The number of aliphatic imine (C=N–C) groups is 1. The van der Waals surface area contributed by atoms with Crippen molar-refractivity contribution in [1.82, 2.24) is 20.4 Å². The fourth-order valence-corrected chi connectivity index (χ4v) is 4.30. The molecule has 2 aliphatic rings. The molecule has 0 aliphatic carbocycles. The van der Waals surface area contributed by atoms with Crippen LogP contribution in [0.4, 0.5) is 0 Å². The van der Waals surface area contributed by atoms with Crippen molar-refractivity contribution in [2.45, 2.75) is 77.2 Å². The molecule has 0 saturated carbocycles. The Morgan fingerprint density at radius 1 is 0.926 bits per heavy atom. The van der Waals surface area contributed by atoms with E-state index in [4.69, 9.17) is 4.99 Å². The minimum atomic E-state index is 0. The first kappa shape index (κ1) is 25.0. The lowest BCUT2D eigenvalue weighted by Gasteiger charge is -2.49. The van der Waals surface area contributed by atoms with E-state index in [1.807, 2.05) is 0 Å². The highest BCUT2D eigenvalue weighted by Crippen LogP contribution is 2.31. The summed E-state index contributed by atoms with van der Waals surface area (Å²) in [6.45, 7) is 12.3. The van der Waals surface area contributed by atoms with Gasteiger partial charge in [-0.25, -0.2) is 0 Å². The average molecular weight is 494 g/mol. The summed E-state index contributed by atoms with van der Waals surface area (Å²) >= 11 is 0. The lowest BCUT2D eigenvalue weighted by atomic mass is 9.84. The number of nitrogens with zero attached hydrogens (tertiary/aromatic N) is 3. The Balaban J connectivity index is 0.00000364. The van der Waals surface area contributed by atoms with Crippen molar-refractivity contribution in [1.29, 1.82) is 0 Å². The van der Waals surface area contributed by atoms with E-state index in [0.29, 0.717) is 0 Å². The molecule has 0 atom stereocenters. The Bertz CT molecular complexity index is 401. The molecule has 0 aromatic rings. The summed E-state index contributed by atoms with van der Waals surface area (Å²) in [6.07, 6.45) is 11.8. The fraction of sp³-hybridized carbons (Fsp3) is 0.952. The second-order valence-electron chi connectivity index (χ2n) is 8.26. The van der Waals surface area contributed by atoms with Crippen LogP contribution < -0.4 is 10.6 Å². The summed E-state index contributed by atoms with van der Waals surface area (Å²) in [5.41, 5.74) is 0.275. The number of nitrogens with one attached hydrogen (secondary N) is 2. The van der Waals surface area contributed by atoms with Gasteiger partial charge in [-0.15, -0.1) is 24.0 Å². The Hall–Kier alpha value is -0.0800. The standard InChI is InChI=1S/C21H43N5.HI/c1-4-6-7-9-14-23-20(22-5-2)24-19-21(12-17-25(3)18-13-21)26-15-10-8-11-16-26;/h4-19H2,1-3H3,(H2,22,23,24);1H. The van der Waals surface area contributed by atoms with E-state index >= 15 is 0 Å². The second kappa shape index (κ2) is 14.0. The first-order valence-electron chi connectivity index (χ1n) is 11.2. The van der Waals surface area contributed by atoms with Crippen molar-refractivity contribution in [3.05, 3.63) is 0 Å². The van der Waals surface area contributed by atoms with Gasteiger partial charge in [0, 0.05) is 18.6 Å². The Morgan fingerprint density at radius 3 is 2.26 bits per heavy atom. The highest BCUT2D eigenvalue weighted by molar-refractivity contribution is 14.0. The highest BCUT2D eigenvalue weighted by Gasteiger charge is 2.39. The van der Waals surface area contributed by atoms with E-state index in [1.54, 1.807) is 0 Å². The zero-order valence-corrected chi connectivity index (χ0v) is 20.4. The van der Waals surface area contributed by atoms with Gasteiger partial charge in [-0.2, -0.15) is 0 Å². The van der Waals surface area contributed by atoms with E-state index in [0.717, 1.165) is 25.6 Å². The third kappa shape index (κ3) is 8.44. The molecule has 0 unspecified atom stereocenters. The van der Waals surface area contributed by atoms with Crippen LogP contribution in [0.5, 0.6) is 0 Å². The summed E-state index contributed by atoms with van der Waals surface area (Å²) in [4.78, 5) is 10.3. The van der Waals surface area contributed by atoms with Crippen molar-refractivity contribution in [2.75, 3.05) is 52.9 Å². The van der Waals surface area contributed by atoms with Crippen LogP contribution >= 0.6 is 24.0 Å². The lowest BCUT2D eigenvalue weighted by Crippen LogP contribution is -2.58. The fourth-order valence-electron chi connectivity index (χ4n) is 4.30. The molecule has 2 rings (SSSR count). The van der Waals surface area contributed by atoms with Crippen molar-refractivity contribution < 1.29 is 0 Å². The van der Waals surface area contributed by atoms with Gasteiger partial charge in [0.1, 0.15) is 0 Å². The largest absolute Gasteiger partial charge is 0.357 e. The van der Waals surface area contributed by atoms with Crippen LogP contribution in [0.2, 0.25) is 0 Å². The van der Waals surface area contributed by atoms with Gasteiger partial charge in [0.2, 0.25) is 0 Å². The predicted molar refractivity (Wildman–Crippen MR) is 128 cm³/mol. The van der Waals surface area contributed by atoms with Crippen LogP contribution in [0, 0.1) is 0 Å². The van der Waals surface area contributed by atoms with Gasteiger partial charge in [-0.05, 0) is 72.3 Å². The van der Waals surface area contributed by atoms with E-state index in [2.05, 4.69) is 41.3 Å². The highest BCUT2D eigenvalue weighted by atomic mass is 127. The van der Waals surface area contributed by atoms with Crippen molar-refractivity contribution in [3.63, 3.8) is 0 Å². The van der Waals surface area contributed by atoms with Crippen molar-refractivity contribution in [3.8, 4) is 0 Å². The van der Waals surface area contributed by atoms with Crippen molar-refractivity contribution >= 4 is 29.9 Å². The van der Waals surface area contributed by atoms with Gasteiger partial charge in [-0.1, -0.05) is 32.6 Å². The van der Waals surface area contributed by atoms with E-state index < -0.39 is 0 Å². The first-order valence-corrected chi connectivity index (χ1v) is 11.2. The van der Waals surface area contributed by atoms with Gasteiger partial charge < -0.3 is 15.5 Å². The Morgan fingerprint density at radius 2 is 1.63 bits per heavy atom. The number of hydrogen-bond acceptors (Lipinski definition) is 3. The smallest absolute Gasteiger partial charge is 0.191 e. The third-order valence-electron chi connectivity index (χ3n) is 6.14. The third-order valence-corrected chi connectivity index (χ3v) is 6.14. The second-order valence-corrected chi connectivity index (χ2v) is 8.26. The molecule has 2 aliphatic heterocycles. The maximum atomic E-state index is 5.06. The molecule has 5 nitrogen and oxygen atoms in total. The molecular weight excluding hydrogens is 449 g/mol. The quantitative estimate of drug-likeness (QED) is 0.223. The molecule has 0 spiro atoms. The summed E-state index contributed by atoms with van der Waals surface area (Å²) in [5, 5.41) is 7.01. The van der Waals surface area contributed by atoms with Crippen molar-refractivity contribution in [2.24, 2.45) is 4.99 Å². The zero-order valence-electron chi connectivity index (χ0n) is 18.1. The molecule has 0 bridgehead atoms. The number of piperidine rings is 2. The molecule has 160 valence electrons. The van der Waals surface area contributed by atoms with Gasteiger partial charge >= 0.3 is 0 Å². The summed E-state index contributed by atoms with van der Waals surface area (Å²) in [7, 11) is 2.26. The first-order chi connectivity index (χ1) is 12.7. The molecular formula is C21H44IN5. The topological polar surface area (TPSA) is 42.9 Å².